The van der Waals surface area contributed by atoms with Crippen LogP contribution in [0.25, 0.3) is 0 Å². The van der Waals surface area contributed by atoms with Crippen molar-refractivity contribution in [3.63, 3.8) is 0 Å². The lowest BCUT2D eigenvalue weighted by atomic mass is 10.1. The molecule has 0 amide bonds. The van der Waals surface area contributed by atoms with Crippen LogP contribution in [-0.4, -0.2) is 4.98 Å². The SMILES string of the molecule is Cc1cccc(Cc2ncc(C(C)C)o2)c1. The highest BCUT2D eigenvalue weighted by molar-refractivity contribution is 5.24. The predicted molar refractivity (Wildman–Crippen MR) is 64.6 cm³/mol. The lowest BCUT2D eigenvalue weighted by Gasteiger charge is -2.00. The Labute approximate surface area is 96.3 Å². The van der Waals surface area contributed by atoms with E-state index in [2.05, 4.69) is 50.0 Å². The summed E-state index contributed by atoms with van der Waals surface area (Å²) in [4.78, 5) is 4.30. The standard InChI is InChI=1S/C14H17NO/c1-10(2)13-9-15-14(16-13)8-12-6-4-5-11(3)7-12/h4-7,9-10H,8H2,1-3H3. The van der Waals surface area contributed by atoms with Crippen LogP contribution in [0.5, 0.6) is 0 Å². The monoisotopic (exact) mass is 215 g/mol. The third-order valence-electron chi connectivity index (χ3n) is 2.58. The Morgan fingerprint density at radius 2 is 2.12 bits per heavy atom. The molecule has 2 nitrogen and oxygen atoms in total. The number of aromatic nitrogens is 1. The minimum Gasteiger partial charge on any atom is -0.445 e. The molecule has 0 saturated carbocycles. The molecule has 1 aromatic heterocycles. The Hall–Kier alpha value is -1.57. The molecule has 0 spiro atoms. The van der Waals surface area contributed by atoms with Gasteiger partial charge in [-0.3, -0.25) is 0 Å². The molecule has 0 unspecified atom stereocenters. The van der Waals surface area contributed by atoms with E-state index in [-0.39, 0.29) is 0 Å². The Morgan fingerprint density at radius 1 is 1.31 bits per heavy atom. The summed E-state index contributed by atoms with van der Waals surface area (Å²) in [5, 5.41) is 0. The number of hydrogen-bond acceptors (Lipinski definition) is 2. The number of rotatable bonds is 3. The fourth-order valence-corrected chi connectivity index (χ4v) is 1.67. The van der Waals surface area contributed by atoms with Crippen molar-refractivity contribution in [1.29, 1.82) is 0 Å². The van der Waals surface area contributed by atoms with Gasteiger partial charge in [0.2, 0.25) is 0 Å². The van der Waals surface area contributed by atoms with Crippen LogP contribution >= 0.6 is 0 Å². The molecule has 2 rings (SSSR count). The first-order valence-corrected chi connectivity index (χ1v) is 5.65. The molecular formula is C14H17NO. The average molecular weight is 215 g/mol. The van der Waals surface area contributed by atoms with Crippen molar-refractivity contribution in [2.75, 3.05) is 0 Å². The van der Waals surface area contributed by atoms with Gasteiger partial charge in [0.1, 0.15) is 5.76 Å². The average Bonchev–Trinajstić information content (AvgIpc) is 2.66. The number of nitrogens with zero attached hydrogens (tertiary/aromatic N) is 1. The van der Waals surface area contributed by atoms with Crippen LogP contribution in [0.3, 0.4) is 0 Å². The van der Waals surface area contributed by atoms with Gasteiger partial charge < -0.3 is 4.42 Å². The molecular weight excluding hydrogens is 198 g/mol. The van der Waals surface area contributed by atoms with Crippen LogP contribution in [0.2, 0.25) is 0 Å². The third-order valence-corrected chi connectivity index (χ3v) is 2.58. The summed E-state index contributed by atoms with van der Waals surface area (Å²) < 4.78 is 5.68. The summed E-state index contributed by atoms with van der Waals surface area (Å²) in [6.07, 6.45) is 2.60. The van der Waals surface area contributed by atoms with Gasteiger partial charge in [-0.15, -0.1) is 0 Å². The topological polar surface area (TPSA) is 26.0 Å². The zero-order valence-corrected chi connectivity index (χ0v) is 10.0. The second-order valence-corrected chi connectivity index (χ2v) is 4.48. The van der Waals surface area contributed by atoms with Gasteiger partial charge >= 0.3 is 0 Å². The maximum Gasteiger partial charge on any atom is 0.198 e. The van der Waals surface area contributed by atoms with Gasteiger partial charge in [-0.25, -0.2) is 4.98 Å². The van der Waals surface area contributed by atoms with Crippen molar-refractivity contribution >= 4 is 0 Å². The summed E-state index contributed by atoms with van der Waals surface area (Å²) in [7, 11) is 0. The van der Waals surface area contributed by atoms with Gasteiger partial charge in [0.05, 0.1) is 6.20 Å². The largest absolute Gasteiger partial charge is 0.445 e. The van der Waals surface area contributed by atoms with Gasteiger partial charge in [0.25, 0.3) is 0 Å². The van der Waals surface area contributed by atoms with E-state index in [9.17, 15) is 0 Å². The van der Waals surface area contributed by atoms with Crippen molar-refractivity contribution in [3.8, 4) is 0 Å². The summed E-state index contributed by atoms with van der Waals surface area (Å²) in [6.45, 7) is 6.31. The van der Waals surface area contributed by atoms with E-state index < -0.39 is 0 Å². The molecule has 0 aliphatic carbocycles. The van der Waals surface area contributed by atoms with Gasteiger partial charge in [-0.05, 0) is 12.5 Å². The quantitative estimate of drug-likeness (QED) is 0.780. The number of benzene rings is 1. The summed E-state index contributed by atoms with van der Waals surface area (Å²) >= 11 is 0. The van der Waals surface area contributed by atoms with E-state index in [1.54, 1.807) is 0 Å². The maximum absolute atomic E-state index is 5.68. The van der Waals surface area contributed by atoms with Crippen LogP contribution in [0.4, 0.5) is 0 Å². The van der Waals surface area contributed by atoms with Gasteiger partial charge in [0, 0.05) is 12.3 Å². The van der Waals surface area contributed by atoms with Gasteiger partial charge in [0.15, 0.2) is 5.89 Å². The van der Waals surface area contributed by atoms with E-state index in [0.717, 1.165) is 18.1 Å². The smallest absolute Gasteiger partial charge is 0.198 e. The lowest BCUT2D eigenvalue weighted by molar-refractivity contribution is 0.447. The molecule has 84 valence electrons. The number of aryl methyl sites for hydroxylation is 1. The molecule has 16 heavy (non-hydrogen) atoms. The Bertz CT molecular complexity index is 471. The first-order valence-electron chi connectivity index (χ1n) is 5.65. The van der Waals surface area contributed by atoms with Crippen molar-refractivity contribution < 1.29 is 4.42 Å². The second kappa shape index (κ2) is 4.52. The van der Waals surface area contributed by atoms with Crippen LogP contribution in [0.15, 0.2) is 34.9 Å². The molecule has 0 bridgehead atoms. The van der Waals surface area contributed by atoms with E-state index in [1.165, 1.54) is 11.1 Å². The summed E-state index contributed by atoms with van der Waals surface area (Å²) in [5.41, 5.74) is 2.52. The highest BCUT2D eigenvalue weighted by Gasteiger charge is 2.07. The zero-order valence-electron chi connectivity index (χ0n) is 10.0. The predicted octanol–water partition coefficient (Wildman–Crippen LogP) is 3.70. The minimum atomic E-state index is 0.402. The highest BCUT2D eigenvalue weighted by atomic mass is 16.4. The van der Waals surface area contributed by atoms with Crippen LogP contribution in [0.1, 0.15) is 42.5 Å². The maximum atomic E-state index is 5.68. The Kier molecular flexibility index (Phi) is 3.09. The molecule has 0 saturated heterocycles. The highest BCUT2D eigenvalue weighted by Crippen LogP contribution is 2.17. The van der Waals surface area contributed by atoms with Crippen LogP contribution < -0.4 is 0 Å². The van der Waals surface area contributed by atoms with E-state index in [4.69, 9.17) is 4.42 Å². The molecule has 0 atom stereocenters. The van der Waals surface area contributed by atoms with Crippen LogP contribution in [0, 0.1) is 6.92 Å². The normalized spacial score (nSPS) is 11.0. The molecule has 1 heterocycles. The number of oxazole rings is 1. The third kappa shape index (κ3) is 2.51. The molecule has 0 aliphatic rings. The number of hydrogen-bond donors (Lipinski definition) is 0. The first-order chi connectivity index (χ1) is 7.65. The van der Waals surface area contributed by atoms with Crippen molar-refractivity contribution in [3.05, 3.63) is 53.2 Å². The second-order valence-electron chi connectivity index (χ2n) is 4.48. The van der Waals surface area contributed by atoms with Crippen LogP contribution in [-0.2, 0) is 6.42 Å². The van der Waals surface area contributed by atoms with E-state index >= 15 is 0 Å². The van der Waals surface area contributed by atoms with Gasteiger partial charge in [-0.2, -0.15) is 0 Å². The van der Waals surface area contributed by atoms with Crippen molar-refractivity contribution in [1.82, 2.24) is 4.98 Å². The summed E-state index contributed by atoms with van der Waals surface area (Å²) in [6, 6.07) is 8.43. The zero-order chi connectivity index (χ0) is 11.5. The lowest BCUT2D eigenvalue weighted by Crippen LogP contribution is -1.88. The fraction of sp³-hybridized carbons (Fsp3) is 0.357. The molecule has 2 aromatic rings. The van der Waals surface area contributed by atoms with E-state index in [0.29, 0.717) is 5.92 Å². The van der Waals surface area contributed by atoms with Crippen molar-refractivity contribution in [2.24, 2.45) is 0 Å². The fourth-order valence-electron chi connectivity index (χ4n) is 1.67. The molecule has 0 aliphatic heterocycles. The molecule has 0 fully saturated rings. The summed E-state index contributed by atoms with van der Waals surface area (Å²) in [5.74, 6) is 2.16. The first kappa shape index (κ1) is 10.9. The van der Waals surface area contributed by atoms with Gasteiger partial charge in [-0.1, -0.05) is 43.7 Å². The molecule has 2 heteroatoms. The Morgan fingerprint density at radius 3 is 2.75 bits per heavy atom. The Balaban J connectivity index is 2.14. The van der Waals surface area contributed by atoms with E-state index in [1.807, 2.05) is 6.20 Å². The van der Waals surface area contributed by atoms with Crippen molar-refractivity contribution in [2.45, 2.75) is 33.1 Å². The molecule has 0 N–H and O–H groups in total. The molecule has 1 aromatic carbocycles. The molecule has 0 radical (unpaired) electrons. The minimum absolute atomic E-state index is 0.402.